The summed E-state index contributed by atoms with van der Waals surface area (Å²) in [7, 11) is 0. The van der Waals surface area contributed by atoms with Crippen molar-refractivity contribution in [1.82, 2.24) is 0 Å². The average Bonchev–Trinajstić information content (AvgIpc) is 2.80. The third-order valence-electron chi connectivity index (χ3n) is 4.25. The van der Waals surface area contributed by atoms with Gasteiger partial charge in [-0.25, -0.2) is 0 Å². The fraction of sp³-hybridized carbons (Fsp3) is 0.864. The van der Waals surface area contributed by atoms with Crippen molar-refractivity contribution in [3.63, 3.8) is 0 Å². The lowest BCUT2D eigenvalue weighted by atomic mass is 9.92. The normalized spacial score (nSPS) is 11.6. The zero-order chi connectivity index (χ0) is 26.2. The Morgan fingerprint density at radius 1 is 0.600 bits per heavy atom. The second-order valence-corrected chi connectivity index (χ2v) is 11.0. The highest BCUT2D eigenvalue weighted by molar-refractivity contribution is 8.00. The number of carboxylic acid groups (broad SMARTS) is 3. The number of hydrogen-bond donors (Lipinski definition) is 3. The maximum atomic E-state index is 10.6. The highest BCUT2D eigenvalue weighted by Gasteiger charge is 2.32. The van der Waals surface area contributed by atoms with Crippen molar-refractivity contribution in [3.8, 4) is 0 Å². The minimum absolute atomic E-state index is 0.0749. The molecule has 0 fully saturated rings. The van der Waals surface area contributed by atoms with Gasteiger partial charge < -0.3 is 34.3 Å². The topological polar surface area (TPSA) is 149 Å². The molecular weight excluding hydrogens is 520 g/mol. The monoisotopic (exact) mass is 560 g/mol. The molecule has 0 heterocycles. The molecular formula is C22H40O10S3. The maximum Gasteiger partial charge on any atom is 0.313 e. The van der Waals surface area contributed by atoms with Crippen molar-refractivity contribution >= 4 is 53.2 Å². The van der Waals surface area contributed by atoms with Gasteiger partial charge in [0.1, 0.15) is 0 Å². The van der Waals surface area contributed by atoms with Crippen LogP contribution < -0.4 is 0 Å². The van der Waals surface area contributed by atoms with E-state index >= 15 is 0 Å². The number of rotatable bonds is 27. The lowest BCUT2D eigenvalue weighted by Gasteiger charge is -2.33. The molecule has 0 aliphatic heterocycles. The fourth-order valence-corrected chi connectivity index (χ4v) is 4.62. The fourth-order valence-electron chi connectivity index (χ4n) is 2.70. The second kappa shape index (κ2) is 23.7. The minimum atomic E-state index is -0.830. The van der Waals surface area contributed by atoms with E-state index in [1.54, 1.807) is 0 Å². The molecule has 0 bridgehead atoms. The van der Waals surface area contributed by atoms with Gasteiger partial charge in [-0.05, 0) is 43.4 Å². The molecule has 3 N–H and O–H groups in total. The first-order valence-electron chi connectivity index (χ1n) is 11.5. The van der Waals surface area contributed by atoms with Gasteiger partial charge >= 0.3 is 17.9 Å². The molecule has 0 saturated heterocycles. The Bertz CT molecular complexity index is 496. The molecule has 0 atom stereocenters. The van der Waals surface area contributed by atoms with Crippen molar-refractivity contribution in [1.29, 1.82) is 0 Å². The van der Waals surface area contributed by atoms with E-state index in [1.165, 1.54) is 35.3 Å². The molecule has 0 amide bonds. The van der Waals surface area contributed by atoms with Crippen molar-refractivity contribution < 1.29 is 48.7 Å². The Morgan fingerprint density at radius 3 is 1.20 bits per heavy atom. The molecule has 0 aromatic rings. The summed E-state index contributed by atoms with van der Waals surface area (Å²) in [4.78, 5) is 31.8. The summed E-state index contributed by atoms with van der Waals surface area (Å²) in [6, 6.07) is 0. The summed E-state index contributed by atoms with van der Waals surface area (Å²) in [5, 5.41) is 26.1. The van der Waals surface area contributed by atoms with Gasteiger partial charge in [0.2, 0.25) is 0 Å². The largest absolute Gasteiger partial charge is 0.481 e. The zero-order valence-corrected chi connectivity index (χ0v) is 22.9. The summed E-state index contributed by atoms with van der Waals surface area (Å²) < 4.78 is 23.4. The van der Waals surface area contributed by atoms with Gasteiger partial charge in [-0.2, -0.15) is 35.3 Å². The molecule has 0 unspecified atom stereocenters. The van der Waals surface area contributed by atoms with Crippen LogP contribution in [-0.4, -0.2) is 121 Å². The predicted molar refractivity (Wildman–Crippen MR) is 140 cm³/mol. The van der Waals surface area contributed by atoms with Gasteiger partial charge in [-0.15, -0.1) is 0 Å². The quantitative estimate of drug-likeness (QED) is 0.127. The molecule has 0 aliphatic carbocycles. The SMILES string of the molecule is CCOCC(COCCCSCC(=O)O)(COCCCSCC(=O)O)COCCCSCC(=O)O. The number of carbonyl (C=O) groups is 3. The van der Waals surface area contributed by atoms with Gasteiger partial charge in [0.05, 0.1) is 49.1 Å². The van der Waals surface area contributed by atoms with E-state index in [0.29, 0.717) is 70.1 Å². The van der Waals surface area contributed by atoms with Gasteiger partial charge in [0, 0.05) is 26.4 Å². The Kier molecular flexibility index (Phi) is 23.2. The number of ether oxygens (including phenoxy) is 4. The Labute approximate surface area is 220 Å². The Hall–Kier alpha value is -0.700. The summed E-state index contributed by atoms with van der Waals surface area (Å²) in [6.45, 7) is 5.36. The van der Waals surface area contributed by atoms with Crippen LogP contribution in [0.1, 0.15) is 26.2 Å². The Morgan fingerprint density at radius 2 is 0.914 bits per heavy atom. The van der Waals surface area contributed by atoms with Crippen molar-refractivity contribution in [3.05, 3.63) is 0 Å². The van der Waals surface area contributed by atoms with Crippen molar-refractivity contribution in [2.24, 2.45) is 5.41 Å². The summed E-state index contributed by atoms with van der Waals surface area (Å²) >= 11 is 4.06. The smallest absolute Gasteiger partial charge is 0.313 e. The van der Waals surface area contributed by atoms with Crippen LogP contribution in [0.5, 0.6) is 0 Å². The first-order valence-corrected chi connectivity index (χ1v) is 15.0. The first-order chi connectivity index (χ1) is 16.8. The summed E-state index contributed by atoms with van der Waals surface area (Å²) in [5.74, 6) is -0.183. The minimum Gasteiger partial charge on any atom is -0.481 e. The summed E-state index contributed by atoms with van der Waals surface area (Å²) in [5.41, 5.74) is -0.521. The van der Waals surface area contributed by atoms with Crippen LogP contribution in [0, 0.1) is 5.41 Å². The van der Waals surface area contributed by atoms with Crippen LogP contribution in [0.4, 0.5) is 0 Å². The van der Waals surface area contributed by atoms with E-state index in [1.807, 2.05) is 6.92 Å². The van der Waals surface area contributed by atoms with E-state index in [2.05, 4.69) is 0 Å². The molecule has 0 spiro atoms. The third kappa shape index (κ3) is 23.4. The van der Waals surface area contributed by atoms with Crippen molar-refractivity contribution in [2.75, 3.05) is 87.4 Å². The highest BCUT2D eigenvalue weighted by atomic mass is 32.2. The molecule has 0 rings (SSSR count). The van der Waals surface area contributed by atoms with Gasteiger partial charge in [0.25, 0.3) is 0 Å². The number of aliphatic carboxylic acids is 3. The van der Waals surface area contributed by atoms with Gasteiger partial charge in [-0.1, -0.05) is 0 Å². The van der Waals surface area contributed by atoms with E-state index in [-0.39, 0.29) is 17.3 Å². The van der Waals surface area contributed by atoms with E-state index in [9.17, 15) is 14.4 Å². The van der Waals surface area contributed by atoms with Crippen LogP contribution in [0.15, 0.2) is 0 Å². The van der Waals surface area contributed by atoms with Crippen molar-refractivity contribution in [2.45, 2.75) is 26.2 Å². The lowest BCUT2D eigenvalue weighted by Crippen LogP contribution is -2.42. The maximum absolute atomic E-state index is 10.6. The number of hydrogen-bond acceptors (Lipinski definition) is 10. The molecule has 0 aromatic heterocycles. The lowest BCUT2D eigenvalue weighted by molar-refractivity contribution is -0.134. The molecule has 0 aromatic carbocycles. The number of thioether (sulfide) groups is 3. The van der Waals surface area contributed by atoms with Crippen LogP contribution >= 0.6 is 35.3 Å². The molecule has 10 nitrogen and oxygen atoms in total. The van der Waals surface area contributed by atoms with Crippen LogP contribution in [0.2, 0.25) is 0 Å². The van der Waals surface area contributed by atoms with Gasteiger partial charge in [0.15, 0.2) is 0 Å². The van der Waals surface area contributed by atoms with Crippen LogP contribution in [0.3, 0.4) is 0 Å². The molecule has 35 heavy (non-hydrogen) atoms. The highest BCUT2D eigenvalue weighted by Crippen LogP contribution is 2.22. The van der Waals surface area contributed by atoms with E-state index in [0.717, 1.165) is 19.3 Å². The molecule has 206 valence electrons. The van der Waals surface area contributed by atoms with Crippen LogP contribution in [-0.2, 0) is 33.3 Å². The molecule has 0 aliphatic rings. The predicted octanol–water partition coefficient (Wildman–Crippen LogP) is 2.68. The standard InChI is InChI=1S/C22H40O10S3/c1-2-29-15-22(16-30-6-3-9-33-12-19(23)24,17-31-7-4-10-34-13-20(25)26)18-32-8-5-11-35-14-21(27)28/h2-18H2,1H3,(H,23,24)(H,25,26)(H,27,28). The van der Waals surface area contributed by atoms with Crippen LogP contribution in [0.25, 0.3) is 0 Å². The zero-order valence-electron chi connectivity index (χ0n) is 20.4. The van der Waals surface area contributed by atoms with Gasteiger partial charge in [-0.3, -0.25) is 14.4 Å². The molecule has 0 saturated carbocycles. The Balaban J connectivity index is 4.61. The number of carboxylic acids is 3. The first kappa shape index (κ1) is 34.3. The summed E-state index contributed by atoms with van der Waals surface area (Å²) in [6.07, 6.45) is 2.18. The average molecular weight is 561 g/mol. The van der Waals surface area contributed by atoms with E-state index < -0.39 is 23.3 Å². The molecule has 0 radical (unpaired) electrons. The third-order valence-corrected chi connectivity index (χ3v) is 7.33. The van der Waals surface area contributed by atoms with E-state index in [4.69, 9.17) is 34.3 Å². The molecule has 13 heteroatoms. The second-order valence-electron chi connectivity index (χ2n) is 7.69.